The van der Waals surface area contributed by atoms with Crippen molar-refractivity contribution in [2.45, 2.75) is 31.4 Å². The van der Waals surface area contributed by atoms with Gasteiger partial charge in [0, 0.05) is 63.4 Å². The van der Waals surface area contributed by atoms with E-state index < -0.39 is 18.0 Å². The average Bonchev–Trinajstić information content (AvgIpc) is 2.84. The highest BCUT2D eigenvalue weighted by atomic mass is 19.3. The quantitative estimate of drug-likeness (QED) is 0.540. The van der Waals surface area contributed by atoms with Crippen molar-refractivity contribution in [1.82, 2.24) is 19.8 Å². The molecule has 2 aromatic heterocycles. The van der Waals surface area contributed by atoms with Crippen LogP contribution in [-0.4, -0.2) is 83.7 Å². The highest BCUT2D eigenvalue weighted by Crippen LogP contribution is 2.39. The summed E-state index contributed by atoms with van der Waals surface area (Å²) in [4.78, 5) is 49.9. The molecule has 1 aliphatic heterocycles. The average molecular weight is 513 g/mol. The molecule has 2 N–H and O–H groups in total. The number of aromatic nitrogens is 2. The molecule has 3 amide bonds. The molecule has 2 aliphatic rings. The molecule has 2 aromatic rings. The highest BCUT2D eigenvalue weighted by molar-refractivity contribution is 6.00. The van der Waals surface area contributed by atoms with Gasteiger partial charge >= 0.3 is 6.03 Å². The van der Waals surface area contributed by atoms with Gasteiger partial charge in [0.05, 0.1) is 17.8 Å². The number of halogens is 2. The lowest BCUT2D eigenvalue weighted by Crippen LogP contribution is -2.48. The number of likely N-dealkylation sites (N-methyl/N-ethyl adjacent to an activating group) is 1. The van der Waals surface area contributed by atoms with Gasteiger partial charge in [0.25, 0.3) is 5.92 Å². The molecule has 194 valence electrons. The largest absolute Gasteiger partial charge is 0.381 e. The Bertz CT molecular complexity index is 1260. The van der Waals surface area contributed by atoms with Crippen molar-refractivity contribution in [1.29, 1.82) is 5.26 Å². The van der Waals surface area contributed by atoms with E-state index in [9.17, 15) is 28.4 Å². The zero-order chi connectivity index (χ0) is 26.7. The summed E-state index contributed by atoms with van der Waals surface area (Å²) in [7, 11) is 3.32. The predicted octanol–water partition coefficient (Wildman–Crippen LogP) is 2.31. The molecule has 0 unspecified atom stereocenters. The number of anilines is 3. The van der Waals surface area contributed by atoms with Crippen LogP contribution in [0.4, 0.5) is 30.9 Å². The molecule has 4 rings (SSSR count). The third kappa shape index (κ3) is 5.97. The molecule has 0 spiro atoms. The van der Waals surface area contributed by atoms with Crippen molar-refractivity contribution < 1.29 is 23.2 Å². The van der Waals surface area contributed by atoms with E-state index in [-0.39, 0.29) is 48.2 Å². The number of nitrogens with one attached hydrogen (secondary N) is 2. The van der Waals surface area contributed by atoms with Crippen LogP contribution in [0.1, 0.15) is 34.5 Å². The number of urea groups is 1. The molecular formula is C24H26F2N8O3. The van der Waals surface area contributed by atoms with Crippen LogP contribution >= 0.6 is 0 Å². The maximum atomic E-state index is 13.2. The first kappa shape index (κ1) is 25.9. The third-order valence-electron chi connectivity index (χ3n) is 6.34. The molecule has 0 bridgehead atoms. The summed E-state index contributed by atoms with van der Waals surface area (Å²) in [6.45, 7) is 1.81. The number of nitriles is 1. The number of hydrogen-bond acceptors (Lipinski definition) is 8. The van der Waals surface area contributed by atoms with Gasteiger partial charge in [0.2, 0.25) is 5.91 Å². The minimum absolute atomic E-state index is 0.0408. The normalized spacial score (nSPS) is 17.5. The number of alkyl halides is 2. The van der Waals surface area contributed by atoms with E-state index in [2.05, 4.69) is 20.6 Å². The Morgan fingerprint density at radius 1 is 1.35 bits per heavy atom. The van der Waals surface area contributed by atoms with E-state index >= 15 is 0 Å². The number of aldehydes is 1. The molecule has 37 heavy (non-hydrogen) atoms. The van der Waals surface area contributed by atoms with E-state index in [1.54, 1.807) is 17.0 Å². The van der Waals surface area contributed by atoms with Gasteiger partial charge in [-0.15, -0.1) is 0 Å². The molecule has 1 aliphatic carbocycles. The van der Waals surface area contributed by atoms with Crippen LogP contribution in [0.15, 0.2) is 24.4 Å². The predicted molar refractivity (Wildman–Crippen MR) is 131 cm³/mol. The Kier molecular flexibility index (Phi) is 7.30. The van der Waals surface area contributed by atoms with Gasteiger partial charge < -0.3 is 10.2 Å². The number of amides is 3. The minimum Gasteiger partial charge on any atom is -0.381 e. The SMILES string of the molecule is CN1CCN(Cc2ccc(N(C)C(=O)Nc3cc(NC4CC(F)(F)C4)c(C#N)cn3)nc2C=O)C(=O)C1. The van der Waals surface area contributed by atoms with E-state index in [1.165, 1.54) is 24.2 Å². The second-order valence-electron chi connectivity index (χ2n) is 9.21. The molecular weight excluding hydrogens is 486 g/mol. The summed E-state index contributed by atoms with van der Waals surface area (Å²) in [5.74, 6) is -2.47. The fourth-order valence-electron chi connectivity index (χ4n) is 4.13. The van der Waals surface area contributed by atoms with Crippen molar-refractivity contribution in [3.05, 3.63) is 41.2 Å². The Morgan fingerprint density at radius 2 is 2.11 bits per heavy atom. The molecule has 11 nitrogen and oxygen atoms in total. The van der Waals surface area contributed by atoms with E-state index in [1.807, 2.05) is 18.0 Å². The van der Waals surface area contributed by atoms with E-state index in [4.69, 9.17) is 0 Å². The van der Waals surface area contributed by atoms with Crippen LogP contribution in [-0.2, 0) is 11.3 Å². The van der Waals surface area contributed by atoms with Crippen LogP contribution in [0.5, 0.6) is 0 Å². The maximum Gasteiger partial charge on any atom is 0.328 e. The highest BCUT2D eigenvalue weighted by Gasteiger charge is 2.45. The number of piperazine rings is 1. The molecule has 13 heteroatoms. The van der Waals surface area contributed by atoms with Gasteiger partial charge in [-0.2, -0.15) is 5.26 Å². The van der Waals surface area contributed by atoms with Gasteiger partial charge in [-0.3, -0.25) is 24.7 Å². The Labute approximate surface area is 212 Å². The summed E-state index contributed by atoms with van der Waals surface area (Å²) >= 11 is 0. The van der Waals surface area contributed by atoms with Crippen molar-refractivity contribution in [3.63, 3.8) is 0 Å². The fourth-order valence-corrected chi connectivity index (χ4v) is 4.13. The van der Waals surface area contributed by atoms with Gasteiger partial charge in [-0.1, -0.05) is 6.07 Å². The molecule has 0 atom stereocenters. The molecule has 1 saturated carbocycles. The van der Waals surface area contributed by atoms with Crippen molar-refractivity contribution >= 4 is 35.5 Å². The van der Waals surface area contributed by atoms with Crippen LogP contribution in [0, 0.1) is 11.3 Å². The van der Waals surface area contributed by atoms with E-state index in [0.717, 1.165) is 6.54 Å². The van der Waals surface area contributed by atoms with Crippen LogP contribution in [0.2, 0.25) is 0 Å². The lowest BCUT2D eigenvalue weighted by atomic mass is 9.88. The van der Waals surface area contributed by atoms with Crippen molar-refractivity contribution in [2.24, 2.45) is 0 Å². The fraction of sp³-hybridized carbons (Fsp3) is 0.417. The second-order valence-corrected chi connectivity index (χ2v) is 9.21. The van der Waals surface area contributed by atoms with Crippen LogP contribution < -0.4 is 15.5 Å². The zero-order valence-electron chi connectivity index (χ0n) is 20.4. The Balaban J connectivity index is 1.44. The summed E-state index contributed by atoms with van der Waals surface area (Å²) in [5, 5.41) is 14.8. The second kappa shape index (κ2) is 10.4. The first-order chi connectivity index (χ1) is 17.6. The molecule has 3 heterocycles. The topological polar surface area (TPSA) is 135 Å². The minimum atomic E-state index is -2.72. The van der Waals surface area contributed by atoms with Crippen molar-refractivity contribution in [3.8, 4) is 6.07 Å². The maximum absolute atomic E-state index is 13.2. The summed E-state index contributed by atoms with van der Waals surface area (Å²) < 4.78 is 26.4. The third-order valence-corrected chi connectivity index (χ3v) is 6.34. The Morgan fingerprint density at radius 3 is 2.76 bits per heavy atom. The van der Waals surface area contributed by atoms with Crippen LogP contribution in [0.3, 0.4) is 0 Å². The molecule has 0 radical (unpaired) electrons. The number of pyridine rings is 2. The van der Waals surface area contributed by atoms with Crippen molar-refractivity contribution in [2.75, 3.05) is 49.3 Å². The number of carbonyl (C=O) groups excluding carboxylic acids is 3. The summed E-state index contributed by atoms with van der Waals surface area (Å²) in [5.41, 5.74) is 1.13. The number of nitrogens with zero attached hydrogens (tertiary/aromatic N) is 6. The first-order valence-electron chi connectivity index (χ1n) is 11.6. The van der Waals surface area contributed by atoms with Gasteiger partial charge in [0.15, 0.2) is 6.29 Å². The molecule has 0 aromatic carbocycles. The number of rotatable bonds is 7. The summed E-state index contributed by atoms with van der Waals surface area (Å²) in [6.07, 6.45) is 1.14. The molecule has 1 saturated heterocycles. The lowest BCUT2D eigenvalue weighted by Gasteiger charge is -2.36. The molecule has 2 fully saturated rings. The number of carbonyl (C=O) groups is 3. The van der Waals surface area contributed by atoms with Gasteiger partial charge in [-0.25, -0.2) is 23.5 Å². The van der Waals surface area contributed by atoms with Gasteiger partial charge in [0.1, 0.15) is 23.4 Å². The monoisotopic (exact) mass is 512 g/mol. The number of hydrogen-bond donors (Lipinski definition) is 2. The zero-order valence-corrected chi connectivity index (χ0v) is 20.4. The lowest BCUT2D eigenvalue weighted by molar-refractivity contribution is -0.136. The summed E-state index contributed by atoms with van der Waals surface area (Å²) in [6, 6.07) is 5.46. The van der Waals surface area contributed by atoms with Gasteiger partial charge in [-0.05, 0) is 13.1 Å². The van der Waals surface area contributed by atoms with E-state index in [0.29, 0.717) is 30.6 Å². The smallest absolute Gasteiger partial charge is 0.328 e. The van der Waals surface area contributed by atoms with Crippen LogP contribution in [0.25, 0.3) is 0 Å². The standard InChI is InChI=1S/C24H26F2N8O3/c1-32-5-6-34(22(36)13-32)12-15-3-4-21(30-19(15)14-35)33(2)23(37)31-20-7-18(16(10-27)11-28-20)29-17-8-24(25,26)9-17/h3-4,7,11,14,17H,5-6,8-9,12-13H2,1-2H3,(H2,28,29,31,37). The first-order valence-corrected chi connectivity index (χ1v) is 11.6. The Hall–Kier alpha value is -4.18.